The van der Waals surface area contributed by atoms with Gasteiger partial charge in [0.2, 0.25) is 0 Å². The van der Waals surface area contributed by atoms with E-state index in [2.05, 4.69) is 13.2 Å². The predicted octanol–water partition coefficient (Wildman–Crippen LogP) is -9.42. The second-order valence-corrected chi connectivity index (χ2v) is 11.8. The quantitative estimate of drug-likeness (QED) is 0.194. The van der Waals surface area contributed by atoms with Crippen molar-refractivity contribution in [3.8, 4) is 0 Å². The summed E-state index contributed by atoms with van der Waals surface area (Å²) in [4.78, 5) is 0.0278. The van der Waals surface area contributed by atoms with Gasteiger partial charge < -0.3 is 64.6 Å². The second kappa shape index (κ2) is 21.7. The van der Waals surface area contributed by atoms with Gasteiger partial charge in [-0.1, -0.05) is 54.6 Å². The number of hydrogen-bond acceptors (Lipinski definition) is 9. The Balaban J connectivity index is -0.0000000895. The largest absolute Gasteiger partial charge is 3.00 e. The molecule has 1 radical (unpaired) electrons. The topological polar surface area (TPSA) is 500 Å². The molecule has 0 saturated carbocycles. The van der Waals surface area contributed by atoms with Gasteiger partial charge in [0.05, 0.1) is 14.7 Å². The molecule has 21 nitrogen and oxygen atoms in total. The summed E-state index contributed by atoms with van der Waals surface area (Å²) >= 11 is 0. The van der Waals surface area contributed by atoms with Crippen LogP contribution in [0.1, 0.15) is 16.7 Å². The average molecular weight is 858 g/mol. The van der Waals surface area contributed by atoms with Crippen molar-refractivity contribution in [2.45, 2.75) is 14.7 Å². The predicted molar refractivity (Wildman–Crippen MR) is 159 cm³/mol. The fraction of sp³-hybridized carbons (Fsp3) is 0. The Morgan fingerprint density at radius 3 is 0.739 bits per heavy atom. The van der Waals surface area contributed by atoms with Gasteiger partial charge in [-0.15, -0.1) is 0 Å². The van der Waals surface area contributed by atoms with E-state index in [1.165, 1.54) is 36.4 Å². The summed E-state index contributed by atoms with van der Waals surface area (Å²) in [6.45, 7) is 0. The number of nitrogens with zero attached hydrogens (tertiary/aromatic N) is 3. The van der Waals surface area contributed by atoms with Crippen molar-refractivity contribution >= 4 is 47.8 Å². The van der Waals surface area contributed by atoms with Crippen molar-refractivity contribution in [1.82, 2.24) is 0 Å². The molecule has 3 aliphatic rings. The molecule has 0 fully saturated rings. The minimum Gasteiger partial charge on any atom is -0.858 e. The van der Waals surface area contributed by atoms with Gasteiger partial charge in [0.15, 0.2) is 0 Å². The van der Waals surface area contributed by atoms with Crippen molar-refractivity contribution in [3.05, 3.63) is 89.5 Å². The molecule has 0 aliphatic carbocycles. The number of hydrogen-bond donors (Lipinski definition) is 0. The molecule has 0 saturated heterocycles. The third kappa shape index (κ3) is 11.6. The van der Waals surface area contributed by atoms with Gasteiger partial charge in [0, 0.05) is 34.4 Å². The first-order valence-electron chi connectivity index (χ1n) is 9.68. The Hall–Kier alpha value is -3.09. The van der Waals surface area contributed by atoms with E-state index < -0.39 is 47.8 Å². The molecule has 3 aromatic carbocycles. The van der Waals surface area contributed by atoms with E-state index in [1.54, 1.807) is 36.4 Å². The van der Waals surface area contributed by atoms with Crippen LogP contribution < -0.4 is 15.3 Å². The Morgan fingerprint density at radius 1 is 0.391 bits per heavy atom. The molecule has 259 valence electrons. The van der Waals surface area contributed by atoms with E-state index >= 15 is 0 Å². The molecule has 3 heterocycles. The molecule has 3 aliphatic heterocycles. The number of rotatable bonds is 0. The van der Waals surface area contributed by atoms with E-state index in [0.29, 0.717) is 0 Å². The molecular weight excluding hydrogens is 823 g/mol. The van der Waals surface area contributed by atoms with Gasteiger partial charge in [0.1, 0.15) is 0 Å². The normalized spacial score (nSPS) is 14.5. The summed E-state index contributed by atoms with van der Waals surface area (Å²) in [7, 11) is -11.0. The van der Waals surface area contributed by atoms with Gasteiger partial charge in [-0.05, 0) is 18.2 Å². The second-order valence-electron chi connectivity index (χ2n) is 7.10. The summed E-state index contributed by atoms with van der Waals surface area (Å²) in [5.74, 6) is -2.03. The summed E-state index contributed by atoms with van der Waals surface area (Å²) in [6, 6.07) is 18.0. The summed E-state index contributed by atoms with van der Waals surface area (Å²) in [5, 5.41) is 32.8. The van der Waals surface area contributed by atoms with Crippen molar-refractivity contribution in [2.24, 2.45) is 13.2 Å². The van der Waals surface area contributed by atoms with Crippen molar-refractivity contribution in [2.75, 3.05) is 0 Å². The fourth-order valence-corrected chi connectivity index (χ4v) is 6.52. The maximum Gasteiger partial charge on any atom is 3.00 e. The van der Waals surface area contributed by atoms with Gasteiger partial charge in [0.25, 0.3) is 30.1 Å². The van der Waals surface area contributed by atoms with Crippen LogP contribution >= 0.6 is 0 Å². The number of fused-ring (bicyclic) bond motifs is 3. The number of benzene rings is 3. The maximum absolute atomic E-state index is 11.1. The van der Waals surface area contributed by atoms with E-state index in [1.807, 2.05) is 0 Å². The molecule has 23 N–H and O–H groups in total. The van der Waals surface area contributed by atoms with Gasteiger partial charge in [-0.2, -0.15) is 38.4 Å². The Labute approximate surface area is 293 Å². The monoisotopic (exact) mass is 855 g/mol. The summed E-state index contributed by atoms with van der Waals surface area (Å²) in [5.41, 5.74) is 0.493. The minimum absolute atomic E-state index is 0. The third-order valence-corrected chi connectivity index (χ3v) is 8.75. The zero-order valence-corrected chi connectivity index (χ0v) is 28.7. The molecule has 46 heavy (non-hydrogen) atoms. The zero-order chi connectivity index (χ0) is 26.3. The van der Waals surface area contributed by atoms with E-state index in [4.69, 9.17) is 0 Å². The fourth-order valence-electron chi connectivity index (χ4n) is 3.23. The average Bonchev–Trinajstić information content (AvgIpc) is 3.32. The smallest absolute Gasteiger partial charge is 0.858 e. The molecule has 0 spiro atoms. The first kappa shape index (κ1) is 58.4. The van der Waals surface area contributed by atoms with Crippen molar-refractivity contribution < 1.29 is 131 Å². The Morgan fingerprint density at radius 2 is 0.565 bits per heavy atom. The van der Waals surface area contributed by atoms with Gasteiger partial charge in [-0.3, -0.25) is 0 Å². The molecule has 0 aromatic heterocycles. The summed E-state index contributed by atoms with van der Waals surface area (Å²) in [6.07, 6.45) is 0. The molecule has 25 heteroatoms. The van der Waals surface area contributed by atoms with Crippen LogP contribution in [0, 0.1) is 40.8 Å². The van der Waals surface area contributed by atoms with Crippen LogP contribution in [0.15, 0.2) is 101 Å². The molecule has 0 unspecified atom stereocenters. The zero-order valence-electron chi connectivity index (χ0n) is 23.1. The van der Waals surface area contributed by atoms with Crippen LogP contribution in [-0.4, -0.2) is 64.9 Å². The Bertz CT molecular complexity index is 1620. The molecule has 0 atom stereocenters. The first-order chi connectivity index (χ1) is 16.8. The maximum atomic E-state index is 11.1. The molecule has 0 bridgehead atoms. The van der Waals surface area contributed by atoms with Crippen LogP contribution in [0.4, 0.5) is 0 Å². The van der Waals surface area contributed by atoms with Crippen LogP contribution in [0.5, 0.6) is 0 Å². The minimum atomic E-state index is -3.68. The third-order valence-electron chi connectivity index (χ3n) is 4.80. The SMILES string of the molecule is O.O.O.O.O=S1(=O)N=C([O-])c2ccccc21.O=S1(=O)N=C([O-])c2ccccc21.O=S1(=O)N=C([O-])c2ccccc21.[Nd+3].[OH3+].[OH3+].[OH3+].[OH3+].[OH3+]. The molecular formula is C21H35N3NdO18S3+5. The standard InChI is InChI=1S/3C7H5NO3S.Nd.9H2O/c3*9-7-5-3-1-2-4-6(5)12(10,11)8-7;;;;;;;;;;/h3*1-4H,(H,8,9);;9*1H2/q;;;+3;;;;;;;;;/p+2. The molecule has 0 amide bonds. The van der Waals surface area contributed by atoms with E-state index in [-0.39, 0.29) is 122 Å². The molecule has 6 rings (SSSR count). The van der Waals surface area contributed by atoms with Crippen LogP contribution in [-0.2, 0) is 57.5 Å². The van der Waals surface area contributed by atoms with Gasteiger partial charge in [-0.25, -0.2) is 0 Å². The van der Waals surface area contributed by atoms with Crippen molar-refractivity contribution in [1.29, 1.82) is 0 Å². The van der Waals surface area contributed by atoms with Crippen LogP contribution in [0.3, 0.4) is 0 Å². The van der Waals surface area contributed by atoms with Crippen LogP contribution in [0.25, 0.3) is 0 Å². The molecule has 3 aromatic rings. The Kier molecular flexibility index (Phi) is 27.5. The van der Waals surface area contributed by atoms with Gasteiger partial charge >= 0.3 is 40.8 Å². The first-order valence-corrected chi connectivity index (χ1v) is 14.0. The van der Waals surface area contributed by atoms with E-state index in [0.717, 1.165) is 0 Å². The number of sulfonamides is 3. The van der Waals surface area contributed by atoms with Crippen LogP contribution in [0.2, 0.25) is 0 Å². The van der Waals surface area contributed by atoms with E-state index in [9.17, 15) is 40.6 Å². The van der Waals surface area contributed by atoms with Crippen molar-refractivity contribution in [3.63, 3.8) is 0 Å². The summed E-state index contributed by atoms with van der Waals surface area (Å²) < 4.78 is 75.5.